The van der Waals surface area contributed by atoms with Crippen LogP contribution in [0.1, 0.15) is 24.5 Å². The molecular formula is C16H18N2O3. The minimum absolute atomic E-state index is 0.0270. The lowest BCUT2D eigenvalue weighted by Gasteiger charge is -2.17. The molecular weight excluding hydrogens is 268 g/mol. The molecule has 0 spiro atoms. The smallest absolute Gasteiger partial charge is 0.248 e. The number of aromatic nitrogens is 1. The van der Waals surface area contributed by atoms with Gasteiger partial charge in [-0.05, 0) is 30.5 Å². The summed E-state index contributed by atoms with van der Waals surface area (Å²) in [4.78, 5) is 14.0. The molecule has 0 bridgehead atoms. The molecule has 1 aromatic heterocycles. The Bertz CT molecular complexity index is 736. The average Bonchev–Trinajstić information content (AvgIpc) is 2.96. The van der Waals surface area contributed by atoms with E-state index in [4.69, 9.17) is 0 Å². The van der Waals surface area contributed by atoms with Crippen LogP contribution in [0.15, 0.2) is 41.2 Å². The molecule has 0 saturated heterocycles. The summed E-state index contributed by atoms with van der Waals surface area (Å²) in [6.45, 7) is 0.396. The number of phenolic OH excluding ortho intramolecular Hbond substituents is 1. The molecule has 1 aromatic carbocycles. The van der Waals surface area contributed by atoms with Gasteiger partial charge in [0, 0.05) is 30.1 Å². The second kappa shape index (κ2) is 5.71. The number of H-pyrrole nitrogens is 1. The molecule has 3 rings (SSSR count). The van der Waals surface area contributed by atoms with E-state index in [9.17, 15) is 15.0 Å². The Morgan fingerprint density at radius 2 is 2.24 bits per heavy atom. The molecule has 0 saturated carbocycles. The van der Waals surface area contributed by atoms with Crippen molar-refractivity contribution in [3.8, 4) is 5.75 Å². The van der Waals surface area contributed by atoms with Gasteiger partial charge in [0.25, 0.3) is 0 Å². The van der Waals surface area contributed by atoms with E-state index in [2.05, 4.69) is 22.5 Å². The normalized spacial score (nSPS) is 19.2. The van der Waals surface area contributed by atoms with Gasteiger partial charge in [-0.3, -0.25) is 4.79 Å². The van der Waals surface area contributed by atoms with Crippen molar-refractivity contribution in [3.63, 3.8) is 0 Å². The fourth-order valence-electron chi connectivity index (χ4n) is 2.73. The van der Waals surface area contributed by atoms with Crippen molar-refractivity contribution in [3.05, 3.63) is 52.3 Å². The second-order valence-electron chi connectivity index (χ2n) is 5.35. The summed E-state index contributed by atoms with van der Waals surface area (Å²) in [5.41, 5.74) is 0.899. The number of allylic oxidation sites excluding steroid dienone is 1. The van der Waals surface area contributed by atoms with Crippen LogP contribution in [0, 0.1) is 0 Å². The van der Waals surface area contributed by atoms with Gasteiger partial charge < -0.3 is 20.5 Å². The highest BCUT2D eigenvalue weighted by molar-refractivity contribution is 5.84. The number of phenols is 1. The molecule has 2 atom stereocenters. The Labute approximate surface area is 121 Å². The zero-order valence-electron chi connectivity index (χ0n) is 11.5. The molecule has 0 aliphatic heterocycles. The number of aliphatic hydroxyl groups excluding tert-OH is 1. The van der Waals surface area contributed by atoms with E-state index in [1.807, 2.05) is 0 Å². The van der Waals surface area contributed by atoms with E-state index >= 15 is 0 Å². The maximum atomic E-state index is 11.4. The van der Waals surface area contributed by atoms with E-state index in [0.29, 0.717) is 23.7 Å². The van der Waals surface area contributed by atoms with Crippen molar-refractivity contribution >= 4 is 10.9 Å². The highest BCUT2D eigenvalue weighted by Crippen LogP contribution is 2.27. The molecule has 0 unspecified atom stereocenters. The Morgan fingerprint density at radius 1 is 1.38 bits per heavy atom. The van der Waals surface area contributed by atoms with Crippen molar-refractivity contribution < 1.29 is 10.2 Å². The van der Waals surface area contributed by atoms with Crippen LogP contribution in [0.5, 0.6) is 5.75 Å². The zero-order chi connectivity index (χ0) is 14.8. The number of hydrogen-bond acceptors (Lipinski definition) is 4. The van der Waals surface area contributed by atoms with Gasteiger partial charge in [0.1, 0.15) is 5.75 Å². The lowest BCUT2D eigenvalue weighted by Crippen LogP contribution is -2.29. The molecule has 5 nitrogen and oxygen atoms in total. The lowest BCUT2D eigenvalue weighted by molar-refractivity contribution is 0.173. The minimum Gasteiger partial charge on any atom is -0.508 e. The van der Waals surface area contributed by atoms with Crippen LogP contribution in [-0.2, 0) is 0 Å². The highest BCUT2D eigenvalue weighted by atomic mass is 16.3. The Kier molecular flexibility index (Phi) is 3.77. The summed E-state index contributed by atoms with van der Waals surface area (Å²) in [6.07, 6.45) is 5.58. The van der Waals surface area contributed by atoms with Crippen molar-refractivity contribution in [2.24, 2.45) is 0 Å². The highest BCUT2D eigenvalue weighted by Gasteiger charge is 2.16. The molecule has 110 valence electrons. The lowest BCUT2D eigenvalue weighted by atomic mass is 10.0. The first-order chi connectivity index (χ1) is 10.1. The first-order valence-electron chi connectivity index (χ1n) is 7.07. The largest absolute Gasteiger partial charge is 0.508 e. The topological polar surface area (TPSA) is 85.3 Å². The van der Waals surface area contributed by atoms with Crippen LogP contribution in [0.2, 0.25) is 0 Å². The third-order valence-electron chi connectivity index (χ3n) is 3.80. The number of aromatic amines is 1. The first kappa shape index (κ1) is 13.9. The zero-order valence-corrected chi connectivity index (χ0v) is 11.5. The predicted molar refractivity (Wildman–Crippen MR) is 81.4 cm³/mol. The molecule has 1 aliphatic rings. The molecule has 21 heavy (non-hydrogen) atoms. The van der Waals surface area contributed by atoms with E-state index in [1.54, 1.807) is 6.07 Å². The van der Waals surface area contributed by atoms with Gasteiger partial charge in [0.15, 0.2) is 0 Å². The average molecular weight is 286 g/mol. The molecule has 2 aromatic rings. The van der Waals surface area contributed by atoms with E-state index in [0.717, 1.165) is 18.2 Å². The van der Waals surface area contributed by atoms with E-state index in [1.165, 1.54) is 18.2 Å². The number of nitrogens with one attached hydrogen (secondary N) is 2. The van der Waals surface area contributed by atoms with Gasteiger partial charge >= 0.3 is 0 Å². The van der Waals surface area contributed by atoms with Crippen LogP contribution in [0.25, 0.3) is 10.9 Å². The van der Waals surface area contributed by atoms with Gasteiger partial charge in [-0.15, -0.1) is 0 Å². The summed E-state index contributed by atoms with van der Waals surface area (Å²) >= 11 is 0. The minimum atomic E-state index is -0.750. The van der Waals surface area contributed by atoms with Crippen molar-refractivity contribution in [1.82, 2.24) is 10.3 Å². The molecule has 0 radical (unpaired) electrons. The summed E-state index contributed by atoms with van der Waals surface area (Å²) in [5, 5.41) is 24.2. The predicted octanol–water partition coefficient (Wildman–Crippen LogP) is 1.58. The second-order valence-corrected chi connectivity index (χ2v) is 5.35. The van der Waals surface area contributed by atoms with Crippen LogP contribution in [-0.4, -0.2) is 27.8 Å². The Morgan fingerprint density at radius 3 is 3.00 bits per heavy atom. The standard InChI is InChI=1S/C16H18N2O3/c19-11-7-13(12-5-6-16(21)18-14(12)8-11)15(20)9-17-10-3-1-2-4-10/h1,3,5-8,10,15,17,19-20H,2,4,9H2,(H,18,21)/t10-,15-/m0/s1. The van der Waals surface area contributed by atoms with Crippen molar-refractivity contribution in [2.45, 2.75) is 25.0 Å². The summed E-state index contributed by atoms with van der Waals surface area (Å²) in [7, 11) is 0. The van der Waals surface area contributed by atoms with Crippen molar-refractivity contribution in [2.75, 3.05) is 6.54 Å². The fraction of sp³-hybridized carbons (Fsp3) is 0.312. The molecule has 5 heteroatoms. The van der Waals surface area contributed by atoms with Crippen molar-refractivity contribution in [1.29, 1.82) is 0 Å². The number of hydrogen-bond donors (Lipinski definition) is 4. The quantitative estimate of drug-likeness (QED) is 0.643. The van der Waals surface area contributed by atoms with Crippen LogP contribution in [0.4, 0.5) is 0 Å². The number of pyridine rings is 1. The van der Waals surface area contributed by atoms with E-state index in [-0.39, 0.29) is 11.3 Å². The molecule has 4 N–H and O–H groups in total. The van der Waals surface area contributed by atoms with Gasteiger partial charge in [-0.2, -0.15) is 0 Å². The SMILES string of the molecule is O=c1ccc2c([C@@H](O)CN[C@H]3C=CCC3)cc(O)cc2[nH]1. The van der Waals surface area contributed by atoms with Crippen LogP contribution in [0.3, 0.4) is 0 Å². The third kappa shape index (κ3) is 2.99. The number of aliphatic hydroxyl groups is 1. The summed E-state index contributed by atoms with van der Waals surface area (Å²) in [6, 6.07) is 6.41. The fourth-order valence-corrected chi connectivity index (χ4v) is 2.73. The maximum Gasteiger partial charge on any atom is 0.248 e. The number of benzene rings is 1. The summed E-state index contributed by atoms with van der Waals surface area (Å²) in [5.74, 6) is 0.0270. The molecule has 1 heterocycles. The van der Waals surface area contributed by atoms with E-state index < -0.39 is 6.10 Å². The number of aromatic hydroxyl groups is 1. The van der Waals surface area contributed by atoms with Gasteiger partial charge in [0.2, 0.25) is 5.56 Å². The first-order valence-corrected chi connectivity index (χ1v) is 7.07. The van der Waals surface area contributed by atoms with Crippen LogP contribution >= 0.6 is 0 Å². The molecule has 0 fully saturated rings. The molecule has 1 aliphatic carbocycles. The number of rotatable bonds is 4. The summed E-state index contributed by atoms with van der Waals surface area (Å²) < 4.78 is 0. The number of fused-ring (bicyclic) bond motifs is 1. The maximum absolute atomic E-state index is 11.4. The third-order valence-corrected chi connectivity index (χ3v) is 3.80. The van der Waals surface area contributed by atoms with Gasteiger partial charge in [-0.25, -0.2) is 0 Å². The monoisotopic (exact) mass is 286 g/mol. The van der Waals surface area contributed by atoms with Crippen LogP contribution < -0.4 is 10.9 Å². The Balaban J connectivity index is 1.87. The van der Waals surface area contributed by atoms with Gasteiger partial charge in [-0.1, -0.05) is 12.2 Å². The van der Waals surface area contributed by atoms with Gasteiger partial charge in [0.05, 0.1) is 11.6 Å². The Hall–Kier alpha value is -2.11. The molecule has 0 amide bonds.